The molecule has 1 aliphatic rings. The lowest BCUT2D eigenvalue weighted by molar-refractivity contribution is -0.156. The molecular formula is C21H21F2N3O3. The molecule has 0 bridgehead atoms. The molecule has 29 heavy (non-hydrogen) atoms. The Hall–Kier alpha value is -3.29. The predicted molar refractivity (Wildman–Crippen MR) is 102 cm³/mol. The van der Waals surface area contributed by atoms with Crippen molar-refractivity contribution >= 4 is 17.7 Å². The first-order chi connectivity index (χ1) is 13.9. The molecule has 0 unspecified atom stereocenters. The smallest absolute Gasteiger partial charge is 0.312 e. The van der Waals surface area contributed by atoms with Crippen LogP contribution in [0.2, 0.25) is 0 Å². The minimum absolute atomic E-state index is 0.00636. The number of likely N-dealkylation sites (N-methyl/N-ethyl adjacent to an activating group) is 1. The van der Waals surface area contributed by atoms with E-state index in [9.17, 15) is 23.2 Å². The number of piperazine rings is 1. The van der Waals surface area contributed by atoms with Crippen molar-refractivity contribution in [3.8, 4) is 0 Å². The number of hydrogen-bond acceptors (Lipinski definition) is 3. The summed E-state index contributed by atoms with van der Waals surface area (Å²) in [6.07, 6.45) is 0. The van der Waals surface area contributed by atoms with Gasteiger partial charge in [-0.05, 0) is 42.3 Å². The van der Waals surface area contributed by atoms with E-state index in [4.69, 9.17) is 0 Å². The highest BCUT2D eigenvalue weighted by Crippen LogP contribution is 2.13. The van der Waals surface area contributed by atoms with Crippen LogP contribution in [0.3, 0.4) is 0 Å². The summed E-state index contributed by atoms with van der Waals surface area (Å²) in [6.45, 7) is 3.58. The van der Waals surface area contributed by atoms with Crippen LogP contribution in [0.25, 0.3) is 0 Å². The lowest BCUT2D eigenvalue weighted by atomic mass is 10.1. The van der Waals surface area contributed by atoms with Crippen LogP contribution in [-0.4, -0.2) is 47.2 Å². The Balaban J connectivity index is 1.57. The van der Waals surface area contributed by atoms with Gasteiger partial charge in [0.2, 0.25) is 0 Å². The Labute approximate surface area is 167 Å². The highest BCUT2D eigenvalue weighted by Gasteiger charge is 2.31. The molecule has 1 saturated heterocycles. The molecule has 0 radical (unpaired) electrons. The summed E-state index contributed by atoms with van der Waals surface area (Å²) in [6, 6.07) is 9.70. The lowest BCUT2D eigenvalue weighted by Gasteiger charge is -2.33. The maximum Gasteiger partial charge on any atom is 0.312 e. The van der Waals surface area contributed by atoms with E-state index in [1.54, 1.807) is 24.3 Å². The average molecular weight is 401 g/mol. The van der Waals surface area contributed by atoms with Crippen molar-refractivity contribution in [1.82, 2.24) is 15.1 Å². The predicted octanol–water partition coefficient (Wildman–Crippen LogP) is 2.09. The van der Waals surface area contributed by atoms with Gasteiger partial charge in [-0.2, -0.15) is 0 Å². The summed E-state index contributed by atoms with van der Waals surface area (Å²) in [5.74, 6) is -2.81. The third-order valence-electron chi connectivity index (χ3n) is 4.74. The Morgan fingerprint density at radius 1 is 0.931 bits per heavy atom. The van der Waals surface area contributed by atoms with Gasteiger partial charge in [0.25, 0.3) is 5.91 Å². The van der Waals surface area contributed by atoms with Crippen LogP contribution >= 0.6 is 0 Å². The molecule has 2 aromatic rings. The fraction of sp³-hybridized carbons (Fsp3) is 0.286. The maximum atomic E-state index is 13.2. The van der Waals surface area contributed by atoms with E-state index < -0.39 is 23.4 Å². The summed E-state index contributed by atoms with van der Waals surface area (Å²) in [5.41, 5.74) is 1.49. The minimum atomic E-state index is -0.702. The molecule has 152 valence electrons. The first-order valence-electron chi connectivity index (χ1n) is 9.27. The molecule has 1 fully saturated rings. The molecule has 0 atom stereocenters. The van der Waals surface area contributed by atoms with Gasteiger partial charge < -0.3 is 15.1 Å². The van der Waals surface area contributed by atoms with E-state index in [0.717, 1.165) is 23.8 Å². The molecule has 8 heteroatoms. The number of amides is 3. The van der Waals surface area contributed by atoms with E-state index in [1.165, 1.54) is 9.80 Å². The summed E-state index contributed by atoms with van der Waals surface area (Å²) in [7, 11) is 0. The molecule has 1 N–H and O–H groups in total. The molecule has 0 aromatic heterocycles. The maximum absolute atomic E-state index is 13.2. The van der Waals surface area contributed by atoms with Gasteiger partial charge in [-0.1, -0.05) is 12.1 Å². The van der Waals surface area contributed by atoms with E-state index in [0.29, 0.717) is 30.8 Å². The van der Waals surface area contributed by atoms with Crippen LogP contribution in [0.15, 0.2) is 42.5 Å². The Morgan fingerprint density at radius 2 is 1.52 bits per heavy atom. The molecule has 0 saturated carbocycles. The van der Waals surface area contributed by atoms with E-state index in [-0.39, 0.29) is 19.0 Å². The van der Waals surface area contributed by atoms with Crippen molar-refractivity contribution in [2.45, 2.75) is 20.0 Å². The number of carbonyl (C=O) groups is 3. The number of nitrogens with zero attached hydrogens (tertiary/aromatic N) is 2. The molecular weight excluding hydrogens is 380 g/mol. The van der Waals surface area contributed by atoms with Gasteiger partial charge in [-0.15, -0.1) is 0 Å². The minimum Gasteiger partial charge on any atom is -0.348 e. The second-order valence-corrected chi connectivity index (χ2v) is 6.77. The molecule has 3 amide bonds. The van der Waals surface area contributed by atoms with Gasteiger partial charge >= 0.3 is 11.8 Å². The van der Waals surface area contributed by atoms with E-state index in [1.807, 2.05) is 6.92 Å². The zero-order valence-electron chi connectivity index (χ0n) is 16.0. The van der Waals surface area contributed by atoms with Crippen LogP contribution in [0, 0.1) is 11.6 Å². The van der Waals surface area contributed by atoms with Gasteiger partial charge in [0, 0.05) is 44.4 Å². The van der Waals surface area contributed by atoms with Crippen molar-refractivity contribution in [2.75, 3.05) is 19.6 Å². The number of benzene rings is 2. The fourth-order valence-corrected chi connectivity index (χ4v) is 3.15. The number of nitrogens with one attached hydrogen (secondary N) is 1. The molecule has 2 aromatic carbocycles. The fourth-order valence-electron chi connectivity index (χ4n) is 3.15. The molecule has 0 aliphatic carbocycles. The van der Waals surface area contributed by atoms with Gasteiger partial charge in [-0.25, -0.2) is 8.78 Å². The zero-order chi connectivity index (χ0) is 21.0. The Bertz CT molecular complexity index is 911. The normalized spacial score (nSPS) is 14.3. The van der Waals surface area contributed by atoms with Crippen LogP contribution in [0.4, 0.5) is 8.78 Å². The summed E-state index contributed by atoms with van der Waals surface area (Å²) in [5, 5.41) is 2.61. The van der Waals surface area contributed by atoms with E-state index >= 15 is 0 Å². The second-order valence-electron chi connectivity index (χ2n) is 6.77. The standard InChI is InChI=1S/C21H21F2N3O3/c1-2-25-7-8-26(21(29)20(25)28)13-14-3-5-16(6-4-14)19(27)24-12-15-9-17(22)11-18(23)10-15/h3-6,9-11H,2,7-8,12-13H2,1H3,(H,24,27). The number of carbonyl (C=O) groups excluding carboxylic acids is 3. The third-order valence-corrected chi connectivity index (χ3v) is 4.74. The highest BCUT2D eigenvalue weighted by atomic mass is 19.1. The molecule has 3 rings (SSSR count). The van der Waals surface area contributed by atoms with E-state index in [2.05, 4.69) is 5.32 Å². The number of halogens is 2. The van der Waals surface area contributed by atoms with Crippen molar-refractivity contribution in [1.29, 1.82) is 0 Å². The topological polar surface area (TPSA) is 69.7 Å². The average Bonchev–Trinajstić information content (AvgIpc) is 2.70. The largest absolute Gasteiger partial charge is 0.348 e. The Kier molecular flexibility index (Phi) is 6.21. The van der Waals surface area contributed by atoms with Crippen LogP contribution in [0.5, 0.6) is 0 Å². The van der Waals surface area contributed by atoms with Crippen LogP contribution in [-0.2, 0) is 22.7 Å². The van der Waals surface area contributed by atoms with Crippen molar-refractivity contribution in [2.24, 2.45) is 0 Å². The quantitative estimate of drug-likeness (QED) is 0.754. The van der Waals surface area contributed by atoms with Gasteiger partial charge in [0.05, 0.1) is 0 Å². The Morgan fingerprint density at radius 3 is 2.14 bits per heavy atom. The van der Waals surface area contributed by atoms with Gasteiger partial charge in [0.1, 0.15) is 11.6 Å². The summed E-state index contributed by atoms with van der Waals surface area (Å²) < 4.78 is 26.4. The summed E-state index contributed by atoms with van der Waals surface area (Å²) >= 11 is 0. The first kappa shape index (κ1) is 20.4. The summed E-state index contributed by atoms with van der Waals surface area (Å²) in [4.78, 5) is 39.4. The molecule has 1 heterocycles. The van der Waals surface area contributed by atoms with Crippen molar-refractivity contribution in [3.63, 3.8) is 0 Å². The van der Waals surface area contributed by atoms with Crippen LogP contribution < -0.4 is 5.32 Å². The number of rotatable bonds is 6. The number of hydrogen-bond donors (Lipinski definition) is 1. The van der Waals surface area contributed by atoms with Crippen molar-refractivity contribution < 1.29 is 23.2 Å². The zero-order valence-corrected chi connectivity index (χ0v) is 16.0. The van der Waals surface area contributed by atoms with Crippen molar-refractivity contribution in [3.05, 3.63) is 70.8 Å². The van der Waals surface area contributed by atoms with Crippen LogP contribution in [0.1, 0.15) is 28.4 Å². The first-order valence-corrected chi connectivity index (χ1v) is 9.27. The van der Waals surface area contributed by atoms with Gasteiger partial charge in [-0.3, -0.25) is 14.4 Å². The monoisotopic (exact) mass is 401 g/mol. The molecule has 1 aliphatic heterocycles. The molecule has 0 spiro atoms. The lowest BCUT2D eigenvalue weighted by Crippen LogP contribution is -2.53. The third kappa shape index (κ3) is 4.96. The van der Waals surface area contributed by atoms with Gasteiger partial charge in [0.15, 0.2) is 0 Å². The molecule has 6 nitrogen and oxygen atoms in total. The SMILES string of the molecule is CCN1CCN(Cc2ccc(C(=O)NCc3cc(F)cc(F)c3)cc2)C(=O)C1=O. The highest BCUT2D eigenvalue weighted by molar-refractivity contribution is 6.35. The second kappa shape index (κ2) is 8.81.